The van der Waals surface area contributed by atoms with Crippen molar-refractivity contribution in [2.24, 2.45) is 0 Å². The molecular weight excluding hydrogens is 180 g/mol. The molecule has 0 rings (SSSR count). The van der Waals surface area contributed by atoms with Crippen molar-refractivity contribution in [3.63, 3.8) is 0 Å². The summed E-state index contributed by atoms with van der Waals surface area (Å²) in [6, 6.07) is 0. The smallest absolute Gasteiger partial charge is 0.188 e. The Morgan fingerprint density at radius 2 is 1.79 bits per heavy atom. The van der Waals surface area contributed by atoms with Crippen molar-refractivity contribution in [1.29, 1.82) is 0 Å². The molecule has 1 N–H and O–H groups in total. The van der Waals surface area contributed by atoms with Gasteiger partial charge in [0.2, 0.25) is 0 Å². The predicted molar refractivity (Wildman–Crippen MR) is 56.7 cm³/mol. The van der Waals surface area contributed by atoms with Crippen LogP contribution in [0.4, 0.5) is 0 Å². The molecule has 3 nitrogen and oxygen atoms in total. The van der Waals surface area contributed by atoms with E-state index < -0.39 is 6.29 Å². The highest BCUT2D eigenvalue weighted by molar-refractivity contribution is 4.54. The van der Waals surface area contributed by atoms with E-state index in [1.807, 2.05) is 20.8 Å². The first kappa shape index (κ1) is 13.9. The molecule has 0 amide bonds. The van der Waals surface area contributed by atoms with Crippen molar-refractivity contribution in [3.05, 3.63) is 0 Å². The van der Waals surface area contributed by atoms with E-state index in [1.54, 1.807) is 0 Å². The SMILES string of the molecule is CCCCCCC(O)OOC(C)(C)C. The van der Waals surface area contributed by atoms with Crippen LogP contribution in [0.15, 0.2) is 0 Å². The summed E-state index contributed by atoms with van der Waals surface area (Å²) in [7, 11) is 0. The molecule has 0 aromatic heterocycles. The Balaban J connectivity index is 3.32. The normalized spacial score (nSPS) is 14.4. The fraction of sp³-hybridized carbons (Fsp3) is 1.00. The third-order valence-corrected chi connectivity index (χ3v) is 1.71. The van der Waals surface area contributed by atoms with Crippen LogP contribution < -0.4 is 0 Å². The summed E-state index contributed by atoms with van der Waals surface area (Å²) in [5.74, 6) is 0. The minimum Gasteiger partial charge on any atom is -0.366 e. The van der Waals surface area contributed by atoms with E-state index >= 15 is 0 Å². The lowest BCUT2D eigenvalue weighted by Gasteiger charge is -2.20. The number of hydrogen-bond acceptors (Lipinski definition) is 3. The molecule has 0 fully saturated rings. The average molecular weight is 204 g/mol. The lowest BCUT2D eigenvalue weighted by atomic mass is 10.1. The zero-order valence-electron chi connectivity index (χ0n) is 9.88. The third-order valence-electron chi connectivity index (χ3n) is 1.71. The first-order valence-corrected chi connectivity index (χ1v) is 5.48. The Labute approximate surface area is 87.3 Å². The molecule has 0 heterocycles. The van der Waals surface area contributed by atoms with Crippen molar-refractivity contribution in [2.75, 3.05) is 0 Å². The average Bonchev–Trinajstić information content (AvgIpc) is 2.08. The Morgan fingerprint density at radius 1 is 1.14 bits per heavy atom. The van der Waals surface area contributed by atoms with Crippen molar-refractivity contribution < 1.29 is 14.9 Å². The lowest BCUT2D eigenvalue weighted by Crippen LogP contribution is -2.24. The molecule has 0 aromatic carbocycles. The van der Waals surface area contributed by atoms with Crippen molar-refractivity contribution in [2.45, 2.75) is 71.7 Å². The summed E-state index contributed by atoms with van der Waals surface area (Å²) in [5.41, 5.74) is -0.357. The van der Waals surface area contributed by atoms with E-state index in [1.165, 1.54) is 12.8 Å². The van der Waals surface area contributed by atoms with Gasteiger partial charge in [0, 0.05) is 6.42 Å². The van der Waals surface area contributed by atoms with E-state index in [0.717, 1.165) is 12.8 Å². The fourth-order valence-electron chi connectivity index (χ4n) is 0.994. The van der Waals surface area contributed by atoms with Crippen molar-refractivity contribution in [1.82, 2.24) is 0 Å². The van der Waals surface area contributed by atoms with Crippen LogP contribution in [-0.2, 0) is 9.78 Å². The lowest BCUT2D eigenvalue weighted by molar-refractivity contribution is -0.410. The molecule has 0 radical (unpaired) electrons. The fourth-order valence-corrected chi connectivity index (χ4v) is 0.994. The number of hydrogen-bond donors (Lipinski definition) is 1. The van der Waals surface area contributed by atoms with Gasteiger partial charge in [-0.15, -0.1) is 0 Å². The minimum absolute atomic E-state index is 0.357. The van der Waals surface area contributed by atoms with Crippen LogP contribution in [0.25, 0.3) is 0 Å². The standard InChI is InChI=1S/C11H24O3/c1-5-6-7-8-9-10(12)13-14-11(2,3)4/h10,12H,5-9H2,1-4H3. The Morgan fingerprint density at radius 3 is 2.29 bits per heavy atom. The molecule has 1 atom stereocenters. The molecule has 0 aliphatic carbocycles. The summed E-state index contributed by atoms with van der Waals surface area (Å²) in [4.78, 5) is 9.84. The second-order valence-electron chi connectivity index (χ2n) is 4.60. The largest absolute Gasteiger partial charge is 0.366 e. The van der Waals surface area contributed by atoms with Gasteiger partial charge in [-0.1, -0.05) is 26.2 Å². The maximum atomic E-state index is 9.36. The van der Waals surface area contributed by atoms with Gasteiger partial charge < -0.3 is 5.11 Å². The van der Waals surface area contributed by atoms with Crippen LogP contribution in [0.1, 0.15) is 59.8 Å². The van der Waals surface area contributed by atoms with Gasteiger partial charge in [-0.25, -0.2) is 9.78 Å². The maximum Gasteiger partial charge on any atom is 0.188 e. The summed E-state index contributed by atoms with van der Waals surface area (Å²) >= 11 is 0. The van der Waals surface area contributed by atoms with Gasteiger partial charge in [0.25, 0.3) is 0 Å². The Hall–Kier alpha value is -0.120. The minimum atomic E-state index is -0.786. The van der Waals surface area contributed by atoms with Crippen molar-refractivity contribution in [3.8, 4) is 0 Å². The van der Waals surface area contributed by atoms with E-state index in [2.05, 4.69) is 6.92 Å². The van der Waals surface area contributed by atoms with Gasteiger partial charge in [-0.3, -0.25) is 0 Å². The van der Waals surface area contributed by atoms with Crippen molar-refractivity contribution >= 4 is 0 Å². The van der Waals surface area contributed by atoms with Gasteiger partial charge in [0.1, 0.15) is 0 Å². The van der Waals surface area contributed by atoms with Crippen LogP contribution in [-0.4, -0.2) is 17.0 Å². The first-order valence-electron chi connectivity index (χ1n) is 5.48. The van der Waals surface area contributed by atoms with Gasteiger partial charge in [-0.2, -0.15) is 0 Å². The summed E-state index contributed by atoms with van der Waals surface area (Å²) in [5, 5.41) is 9.36. The van der Waals surface area contributed by atoms with Crippen LogP contribution >= 0.6 is 0 Å². The van der Waals surface area contributed by atoms with Gasteiger partial charge in [0.15, 0.2) is 6.29 Å². The second-order valence-corrected chi connectivity index (χ2v) is 4.60. The molecule has 14 heavy (non-hydrogen) atoms. The molecule has 0 aromatic rings. The third kappa shape index (κ3) is 9.96. The number of aliphatic hydroxyl groups excluding tert-OH is 1. The van der Waals surface area contributed by atoms with Gasteiger partial charge in [0.05, 0.1) is 5.60 Å². The Bertz CT molecular complexity index is 129. The molecule has 0 bridgehead atoms. The van der Waals surface area contributed by atoms with E-state index in [4.69, 9.17) is 9.78 Å². The molecule has 0 spiro atoms. The summed E-state index contributed by atoms with van der Waals surface area (Å²) < 4.78 is 0. The molecule has 0 saturated carbocycles. The zero-order valence-corrected chi connectivity index (χ0v) is 9.88. The molecule has 86 valence electrons. The summed E-state index contributed by atoms with van der Waals surface area (Å²) in [6.07, 6.45) is 4.42. The van der Waals surface area contributed by atoms with Crippen LogP contribution in [0, 0.1) is 0 Å². The van der Waals surface area contributed by atoms with Crippen LogP contribution in [0.3, 0.4) is 0 Å². The Kier molecular flexibility index (Phi) is 7.15. The molecule has 0 aliphatic rings. The highest BCUT2D eigenvalue weighted by atomic mass is 17.2. The summed E-state index contributed by atoms with van der Waals surface area (Å²) in [6.45, 7) is 7.82. The number of aliphatic hydroxyl groups is 1. The maximum absolute atomic E-state index is 9.36. The zero-order chi connectivity index (χ0) is 11.0. The molecule has 0 aliphatic heterocycles. The highest BCUT2D eigenvalue weighted by Gasteiger charge is 2.14. The quantitative estimate of drug-likeness (QED) is 0.300. The topological polar surface area (TPSA) is 38.7 Å². The number of rotatable bonds is 7. The molecule has 3 heteroatoms. The van der Waals surface area contributed by atoms with Crippen LogP contribution in [0.2, 0.25) is 0 Å². The molecular formula is C11H24O3. The van der Waals surface area contributed by atoms with E-state index in [9.17, 15) is 5.11 Å². The highest BCUT2D eigenvalue weighted by Crippen LogP contribution is 2.11. The van der Waals surface area contributed by atoms with Crippen LogP contribution in [0.5, 0.6) is 0 Å². The molecule has 1 unspecified atom stereocenters. The predicted octanol–water partition coefficient (Wildman–Crippen LogP) is 3.02. The first-order chi connectivity index (χ1) is 6.45. The van der Waals surface area contributed by atoms with E-state index in [-0.39, 0.29) is 5.60 Å². The number of unbranched alkanes of at least 4 members (excludes halogenated alkanes) is 3. The van der Waals surface area contributed by atoms with Gasteiger partial charge >= 0.3 is 0 Å². The van der Waals surface area contributed by atoms with Gasteiger partial charge in [-0.05, 0) is 27.2 Å². The second kappa shape index (κ2) is 7.21. The monoisotopic (exact) mass is 204 g/mol. The molecule has 0 saturated heterocycles. The van der Waals surface area contributed by atoms with E-state index in [0.29, 0.717) is 6.42 Å².